The van der Waals surface area contributed by atoms with Crippen molar-refractivity contribution < 1.29 is 9.53 Å². The van der Waals surface area contributed by atoms with E-state index in [9.17, 15) is 4.79 Å². The van der Waals surface area contributed by atoms with Gasteiger partial charge in [0.1, 0.15) is 11.5 Å². The largest absolute Gasteiger partial charge is 0.497 e. The van der Waals surface area contributed by atoms with Crippen LogP contribution in [0.5, 0.6) is 5.75 Å². The van der Waals surface area contributed by atoms with Crippen LogP contribution in [0.15, 0.2) is 54.6 Å². The van der Waals surface area contributed by atoms with Gasteiger partial charge in [0.15, 0.2) is 0 Å². The number of hydrogen-bond acceptors (Lipinski definition) is 2. The third-order valence-electron chi connectivity index (χ3n) is 3.96. The van der Waals surface area contributed by atoms with Gasteiger partial charge in [0.05, 0.1) is 12.5 Å². The first-order chi connectivity index (χ1) is 9.65. The molecule has 0 spiro atoms. The monoisotopic (exact) mass is 268 g/mol. The first kappa shape index (κ1) is 14.3. The topological polar surface area (TPSA) is 26.3 Å². The van der Waals surface area contributed by atoms with Crippen LogP contribution in [-0.4, -0.2) is 12.9 Å². The normalized spacial score (nSPS) is 13.6. The molecule has 0 aromatic heterocycles. The predicted molar refractivity (Wildman–Crippen MR) is 81.2 cm³/mol. The SMILES string of the molecule is CCC(C(C)=O)(c1ccccc1)c1cccc(OC)c1. The van der Waals surface area contributed by atoms with E-state index in [0.717, 1.165) is 23.3 Å². The van der Waals surface area contributed by atoms with Gasteiger partial charge in [-0.2, -0.15) is 0 Å². The van der Waals surface area contributed by atoms with E-state index < -0.39 is 5.41 Å². The fourth-order valence-electron chi connectivity index (χ4n) is 2.84. The molecule has 2 heteroatoms. The summed E-state index contributed by atoms with van der Waals surface area (Å²) >= 11 is 0. The van der Waals surface area contributed by atoms with Gasteiger partial charge in [-0.05, 0) is 36.6 Å². The van der Waals surface area contributed by atoms with Gasteiger partial charge in [0.2, 0.25) is 0 Å². The van der Waals surface area contributed by atoms with Crippen LogP contribution in [0, 0.1) is 0 Å². The van der Waals surface area contributed by atoms with Gasteiger partial charge in [-0.25, -0.2) is 0 Å². The molecule has 2 aromatic carbocycles. The second-order valence-electron chi connectivity index (χ2n) is 4.91. The Morgan fingerprint density at radius 1 is 1.05 bits per heavy atom. The van der Waals surface area contributed by atoms with E-state index in [4.69, 9.17) is 4.74 Å². The zero-order chi connectivity index (χ0) is 14.6. The van der Waals surface area contributed by atoms with Crippen LogP contribution < -0.4 is 4.74 Å². The lowest BCUT2D eigenvalue weighted by atomic mass is 9.70. The van der Waals surface area contributed by atoms with Crippen LogP contribution in [0.4, 0.5) is 0 Å². The van der Waals surface area contributed by atoms with Crippen molar-refractivity contribution in [3.8, 4) is 5.75 Å². The second-order valence-corrected chi connectivity index (χ2v) is 4.91. The molecule has 2 nitrogen and oxygen atoms in total. The fraction of sp³-hybridized carbons (Fsp3) is 0.278. The number of ketones is 1. The lowest BCUT2D eigenvalue weighted by Gasteiger charge is -2.31. The number of carbonyl (C=O) groups excluding carboxylic acids is 1. The lowest BCUT2D eigenvalue weighted by molar-refractivity contribution is -0.121. The molecule has 0 saturated heterocycles. The Balaban J connectivity index is 2.66. The molecule has 0 radical (unpaired) electrons. The van der Waals surface area contributed by atoms with E-state index in [2.05, 4.69) is 0 Å². The van der Waals surface area contributed by atoms with Crippen molar-refractivity contribution in [2.45, 2.75) is 25.7 Å². The van der Waals surface area contributed by atoms with Crippen molar-refractivity contribution in [1.82, 2.24) is 0 Å². The van der Waals surface area contributed by atoms with Crippen molar-refractivity contribution in [3.05, 3.63) is 65.7 Å². The Bertz CT molecular complexity index is 589. The predicted octanol–water partition coefficient (Wildman–Crippen LogP) is 3.98. The van der Waals surface area contributed by atoms with Crippen molar-refractivity contribution in [3.63, 3.8) is 0 Å². The van der Waals surface area contributed by atoms with Crippen molar-refractivity contribution in [1.29, 1.82) is 0 Å². The molecular weight excluding hydrogens is 248 g/mol. The van der Waals surface area contributed by atoms with Crippen LogP contribution in [0.3, 0.4) is 0 Å². The molecule has 2 rings (SSSR count). The first-order valence-electron chi connectivity index (χ1n) is 6.86. The first-order valence-corrected chi connectivity index (χ1v) is 6.86. The van der Waals surface area contributed by atoms with Crippen LogP contribution in [0.1, 0.15) is 31.4 Å². The highest BCUT2D eigenvalue weighted by atomic mass is 16.5. The standard InChI is InChI=1S/C18H20O2/c1-4-18(14(2)19,15-9-6-5-7-10-15)16-11-8-12-17(13-16)20-3/h5-13H,4H2,1-3H3. The highest BCUT2D eigenvalue weighted by Crippen LogP contribution is 2.37. The van der Waals surface area contributed by atoms with Gasteiger partial charge >= 0.3 is 0 Å². The van der Waals surface area contributed by atoms with Crippen molar-refractivity contribution >= 4 is 5.78 Å². The molecule has 0 aliphatic rings. The Hall–Kier alpha value is -2.09. The highest BCUT2D eigenvalue weighted by Gasteiger charge is 2.37. The number of benzene rings is 2. The Labute approximate surface area is 120 Å². The van der Waals surface area contributed by atoms with Crippen molar-refractivity contribution in [2.75, 3.05) is 7.11 Å². The molecule has 0 N–H and O–H groups in total. The number of hydrogen-bond donors (Lipinski definition) is 0. The van der Waals surface area contributed by atoms with E-state index in [-0.39, 0.29) is 5.78 Å². The minimum Gasteiger partial charge on any atom is -0.497 e. The Morgan fingerprint density at radius 2 is 1.70 bits per heavy atom. The molecule has 0 bridgehead atoms. The minimum atomic E-state index is -0.601. The van der Waals surface area contributed by atoms with E-state index in [0.29, 0.717) is 0 Å². The number of methoxy groups -OCH3 is 1. The lowest BCUT2D eigenvalue weighted by Crippen LogP contribution is -2.34. The minimum absolute atomic E-state index is 0.152. The molecule has 0 amide bonds. The summed E-state index contributed by atoms with van der Waals surface area (Å²) in [6, 6.07) is 17.7. The van der Waals surface area contributed by atoms with Crippen molar-refractivity contribution in [2.24, 2.45) is 0 Å². The highest BCUT2D eigenvalue weighted by molar-refractivity contribution is 5.92. The summed E-state index contributed by atoms with van der Waals surface area (Å²) in [5.41, 5.74) is 1.41. The summed E-state index contributed by atoms with van der Waals surface area (Å²) in [6.07, 6.45) is 0.722. The molecule has 0 saturated carbocycles. The Morgan fingerprint density at radius 3 is 2.25 bits per heavy atom. The molecule has 1 atom stereocenters. The average molecular weight is 268 g/mol. The zero-order valence-corrected chi connectivity index (χ0v) is 12.2. The smallest absolute Gasteiger partial charge is 0.144 e. The molecule has 1 unspecified atom stereocenters. The second kappa shape index (κ2) is 5.91. The van der Waals surface area contributed by atoms with Gasteiger partial charge in [0.25, 0.3) is 0 Å². The summed E-state index contributed by atoms with van der Waals surface area (Å²) in [7, 11) is 1.64. The molecule has 0 fully saturated rings. The number of ether oxygens (including phenoxy) is 1. The van der Waals surface area contributed by atoms with E-state index in [1.165, 1.54) is 0 Å². The van der Waals surface area contributed by atoms with E-state index >= 15 is 0 Å². The van der Waals surface area contributed by atoms with Gasteiger partial charge in [-0.1, -0.05) is 49.4 Å². The summed E-state index contributed by atoms with van der Waals surface area (Å²) < 4.78 is 5.30. The number of Topliss-reactive ketones (excluding diaryl/α,β-unsaturated/α-hetero) is 1. The quantitative estimate of drug-likeness (QED) is 0.820. The maximum absolute atomic E-state index is 12.5. The number of carbonyl (C=O) groups is 1. The van der Waals surface area contributed by atoms with Gasteiger partial charge < -0.3 is 4.74 Å². The number of rotatable bonds is 5. The third-order valence-corrected chi connectivity index (χ3v) is 3.96. The summed E-state index contributed by atoms with van der Waals surface area (Å²) in [5, 5.41) is 0. The maximum Gasteiger partial charge on any atom is 0.144 e. The molecule has 20 heavy (non-hydrogen) atoms. The molecule has 0 aliphatic carbocycles. The van der Waals surface area contributed by atoms with Crippen LogP contribution in [-0.2, 0) is 10.2 Å². The molecule has 2 aromatic rings. The summed E-state index contributed by atoms with van der Waals surface area (Å²) in [5.74, 6) is 0.928. The molecule has 0 aliphatic heterocycles. The zero-order valence-electron chi connectivity index (χ0n) is 12.2. The summed E-state index contributed by atoms with van der Waals surface area (Å²) in [6.45, 7) is 3.71. The molecular formula is C18H20O2. The molecule has 104 valence electrons. The maximum atomic E-state index is 12.5. The van der Waals surface area contributed by atoms with E-state index in [1.54, 1.807) is 14.0 Å². The van der Waals surface area contributed by atoms with E-state index in [1.807, 2.05) is 61.5 Å². The van der Waals surface area contributed by atoms with Gasteiger partial charge in [0, 0.05) is 0 Å². The van der Waals surface area contributed by atoms with Crippen LogP contribution in [0.2, 0.25) is 0 Å². The van der Waals surface area contributed by atoms with Crippen LogP contribution >= 0.6 is 0 Å². The molecule has 0 heterocycles. The third kappa shape index (κ3) is 2.34. The van der Waals surface area contributed by atoms with Gasteiger partial charge in [-0.15, -0.1) is 0 Å². The Kier molecular flexibility index (Phi) is 4.23. The van der Waals surface area contributed by atoms with Crippen LogP contribution in [0.25, 0.3) is 0 Å². The fourth-order valence-corrected chi connectivity index (χ4v) is 2.84. The summed E-state index contributed by atoms with van der Waals surface area (Å²) in [4.78, 5) is 12.5. The van der Waals surface area contributed by atoms with Gasteiger partial charge in [-0.3, -0.25) is 4.79 Å². The average Bonchev–Trinajstić information content (AvgIpc) is 2.49.